The second-order valence-corrected chi connectivity index (χ2v) is 8.36. The fraction of sp³-hybridized carbons (Fsp3) is 0.0345. The first-order valence-electron chi connectivity index (χ1n) is 10.9. The van der Waals surface area contributed by atoms with Crippen LogP contribution in [0.3, 0.4) is 0 Å². The lowest BCUT2D eigenvalue weighted by Gasteiger charge is -2.22. The molecule has 32 heavy (non-hydrogen) atoms. The number of allylic oxidation sites excluding steroid dienone is 2. The van der Waals surface area contributed by atoms with Gasteiger partial charge in [0.1, 0.15) is 17.7 Å². The average molecular weight is 412 g/mol. The summed E-state index contributed by atoms with van der Waals surface area (Å²) in [6, 6.07) is 27.9. The summed E-state index contributed by atoms with van der Waals surface area (Å²) in [4.78, 5) is 2.19. The first-order valence-corrected chi connectivity index (χ1v) is 10.9. The molecular weight excluding hydrogens is 392 g/mol. The molecule has 0 spiro atoms. The van der Waals surface area contributed by atoms with Gasteiger partial charge in [-0.05, 0) is 58.0 Å². The number of benzene rings is 4. The highest BCUT2D eigenvalue weighted by molar-refractivity contribution is 6.04. The van der Waals surface area contributed by atoms with E-state index in [1.807, 2.05) is 6.07 Å². The third-order valence-electron chi connectivity index (χ3n) is 6.45. The Morgan fingerprint density at radius 3 is 2.41 bits per heavy atom. The second-order valence-electron chi connectivity index (χ2n) is 8.36. The molecule has 3 aliphatic rings. The largest absolute Gasteiger partial charge is 0.456 e. The van der Waals surface area contributed by atoms with E-state index >= 15 is 0 Å². The number of nitrogens with zero attached hydrogens (tertiary/aromatic N) is 1. The van der Waals surface area contributed by atoms with Crippen LogP contribution in [0.25, 0.3) is 38.7 Å². The van der Waals surface area contributed by atoms with Gasteiger partial charge in [0.05, 0.1) is 5.70 Å². The van der Waals surface area contributed by atoms with Gasteiger partial charge in [0.25, 0.3) is 0 Å². The fourth-order valence-corrected chi connectivity index (χ4v) is 4.85. The molecule has 7 rings (SSSR count). The third kappa shape index (κ3) is 2.61. The van der Waals surface area contributed by atoms with Gasteiger partial charge in [-0.2, -0.15) is 0 Å². The Morgan fingerprint density at radius 2 is 1.53 bits per heavy atom. The molecule has 3 aliphatic heterocycles. The summed E-state index contributed by atoms with van der Waals surface area (Å²) in [6.07, 6.45) is 10.7. The quantitative estimate of drug-likeness (QED) is 0.342. The minimum absolute atomic E-state index is 0.209. The molecular formula is C29H20N2O. The van der Waals surface area contributed by atoms with Crippen LogP contribution in [0.4, 0.5) is 0 Å². The van der Waals surface area contributed by atoms with Gasteiger partial charge in [0.15, 0.2) is 0 Å². The van der Waals surface area contributed by atoms with E-state index in [9.17, 15) is 0 Å². The molecule has 0 radical (unpaired) electrons. The SMILES string of the molecule is C1=CC2NC(c3ccc(-c4ccc5c(c4)-c4cccc6cccc(c46)O5)cc3)=CN2C=C1. The van der Waals surface area contributed by atoms with Crippen LogP contribution < -0.4 is 10.1 Å². The van der Waals surface area contributed by atoms with Crippen molar-refractivity contribution in [3.63, 3.8) is 0 Å². The Kier molecular flexibility index (Phi) is 3.61. The van der Waals surface area contributed by atoms with Crippen LogP contribution in [0.2, 0.25) is 0 Å². The van der Waals surface area contributed by atoms with Crippen molar-refractivity contribution < 1.29 is 4.74 Å². The molecule has 0 aliphatic carbocycles. The summed E-state index contributed by atoms with van der Waals surface area (Å²) < 4.78 is 6.24. The van der Waals surface area contributed by atoms with Gasteiger partial charge in [-0.15, -0.1) is 0 Å². The molecule has 3 heterocycles. The standard InChI is InChI=1S/C29H20N2O/c1-2-16-31-18-25(30-28(31)9-1)20-12-10-19(11-13-20)22-14-15-26-24(17-22)23-7-3-5-21-6-4-8-27(32-26)29(21)23/h1-18,28,30H. The molecule has 3 nitrogen and oxygen atoms in total. The van der Waals surface area contributed by atoms with Crippen molar-refractivity contribution in [3.8, 4) is 33.8 Å². The van der Waals surface area contributed by atoms with Gasteiger partial charge in [-0.25, -0.2) is 0 Å². The van der Waals surface area contributed by atoms with Crippen molar-refractivity contribution in [2.45, 2.75) is 6.17 Å². The van der Waals surface area contributed by atoms with Gasteiger partial charge in [-0.1, -0.05) is 66.7 Å². The molecule has 0 saturated carbocycles. The van der Waals surface area contributed by atoms with E-state index in [0.717, 1.165) is 22.8 Å². The summed E-state index contributed by atoms with van der Waals surface area (Å²) in [5.41, 5.74) is 7.08. The Labute approximate surface area is 186 Å². The lowest BCUT2D eigenvalue weighted by molar-refractivity contribution is 0.427. The molecule has 0 amide bonds. The van der Waals surface area contributed by atoms with Crippen LogP contribution in [0.15, 0.2) is 109 Å². The Morgan fingerprint density at radius 1 is 0.719 bits per heavy atom. The second kappa shape index (κ2) is 6.63. The maximum Gasteiger partial charge on any atom is 0.135 e. The molecule has 1 unspecified atom stereocenters. The highest BCUT2D eigenvalue weighted by Crippen LogP contribution is 2.47. The van der Waals surface area contributed by atoms with E-state index in [1.54, 1.807) is 0 Å². The molecule has 1 N–H and O–H groups in total. The minimum Gasteiger partial charge on any atom is -0.456 e. The van der Waals surface area contributed by atoms with Crippen LogP contribution in [0.5, 0.6) is 11.5 Å². The lowest BCUT2D eigenvalue weighted by atomic mass is 9.92. The summed E-state index contributed by atoms with van der Waals surface area (Å²) in [6.45, 7) is 0. The molecule has 1 atom stereocenters. The molecule has 0 fully saturated rings. The van der Waals surface area contributed by atoms with Crippen molar-refractivity contribution in [2.75, 3.05) is 0 Å². The van der Waals surface area contributed by atoms with Crippen LogP contribution in [0.1, 0.15) is 5.56 Å². The van der Waals surface area contributed by atoms with E-state index in [-0.39, 0.29) is 6.17 Å². The van der Waals surface area contributed by atoms with Crippen molar-refractivity contribution in [1.29, 1.82) is 0 Å². The fourth-order valence-electron chi connectivity index (χ4n) is 4.85. The monoisotopic (exact) mass is 412 g/mol. The summed E-state index contributed by atoms with van der Waals surface area (Å²) in [7, 11) is 0. The zero-order chi connectivity index (χ0) is 21.1. The lowest BCUT2D eigenvalue weighted by Crippen LogP contribution is -2.31. The zero-order valence-electron chi connectivity index (χ0n) is 17.3. The van der Waals surface area contributed by atoms with E-state index in [0.29, 0.717) is 0 Å². The molecule has 4 aromatic carbocycles. The van der Waals surface area contributed by atoms with Gasteiger partial charge >= 0.3 is 0 Å². The van der Waals surface area contributed by atoms with Crippen LogP contribution in [-0.2, 0) is 0 Å². The van der Waals surface area contributed by atoms with Crippen LogP contribution in [-0.4, -0.2) is 11.1 Å². The Balaban J connectivity index is 1.25. The molecule has 152 valence electrons. The number of rotatable bonds is 2. The number of ether oxygens (including phenoxy) is 1. The van der Waals surface area contributed by atoms with Crippen LogP contribution in [0, 0.1) is 0 Å². The Bertz CT molecular complexity index is 1470. The van der Waals surface area contributed by atoms with Crippen molar-refractivity contribution >= 4 is 16.5 Å². The molecule has 0 aromatic heterocycles. The topological polar surface area (TPSA) is 24.5 Å². The first kappa shape index (κ1) is 17.4. The van der Waals surface area contributed by atoms with Crippen LogP contribution >= 0.6 is 0 Å². The zero-order valence-corrected chi connectivity index (χ0v) is 17.3. The molecule has 0 bridgehead atoms. The average Bonchev–Trinajstić information content (AvgIpc) is 3.29. The molecule has 0 saturated heterocycles. The smallest absolute Gasteiger partial charge is 0.135 e. The number of hydrogen-bond acceptors (Lipinski definition) is 3. The first-order chi connectivity index (χ1) is 15.8. The van der Waals surface area contributed by atoms with Gasteiger partial charge in [0, 0.05) is 23.3 Å². The van der Waals surface area contributed by atoms with E-state index < -0.39 is 0 Å². The Hall–Kier alpha value is -4.24. The highest BCUT2D eigenvalue weighted by atomic mass is 16.5. The van der Waals surface area contributed by atoms with Gasteiger partial charge in [0.2, 0.25) is 0 Å². The predicted molar refractivity (Wildman–Crippen MR) is 130 cm³/mol. The van der Waals surface area contributed by atoms with E-state index in [1.165, 1.54) is 33.0 Å². The maximum atomic E-state index is 6.24. The van der Waals surface area contributed by atoms with Gasteiger partial charge < -0.3 is 15.0 Å². The molecule has 3 heteroatoms. The summed E-state index contributed by atoms with van der Waals surface area (Å²) >= 11 is 0. The summed E-state index contributed by atoms with van der Waals surface area (Å²) in [5, 5.41) is 5.96. The number of hydrogen-bond donors (Lipinski definition) is 1. The molecule has 4 aromatic rings. The van der Waals surface area contributed by atoms with E-state index in [4.69, 9.17) is 4.74 Å². The number of fused-ring (bicyclic) bond motifs is 3. The number of nitrogens with one attached hydrogen (secondary N) is 1. The summed E-state index contributed by atoms with van der Waals surface area (Å²) in [5.74, 6) is 1.84. The maximum absolute atomic E-state index is 6.24. The van der Waals surface area contributed by atoms with E-state index in [2.05, 4.69) is 114 Å². The van der Waals surface area contributed by atoms with Gasteiger partial charge in [-0.3, -0.25) is 0 Å². The predicted octanol–water partition coefficient (Wildman–Crippen LogP) is 6.89. The minimum atomic E-state index is 0.209. The van der Waals surface area contributed by atoms with Crippen molar-refractivity contribution in [3.05, 3.63) is 115 Å². The van der Waals surface area contributed by atoms with Crippen molar-refractivity contribution in [1.82, 2.24) is 10.2 Å². The highest BCUT2D eigenvalue weighted by Gasteiger charge is 2.22. The third-order valence-corrected chi connectivity index (χ3v) is 6.45. The van der Waals surface area contributed by atoms with Crippen molar-refractivity contribution in [2.24, 2.45) is 0 Å². The normalized spacial score (nSPS) is 17.4.